The minimum absolute atomic E-state index is 0.0478. The third-order valence-electron chi connectivity index (χ3n) is 3.42. The molecule has 0 aromatic heterocycles. The first-order chi connectivity index (χ1) is 8.58. The Balaban J connectivity index is 2.59. The maximum absolute atomic E-state index is 11.3. The standard InChI is InChI=1S/C15H15ClO2/c1-3-10-7-12(11-4-5-11)6-9(2)14(10)13(8-17)15(16)18/h6-7,11H,3-5H2,1-2H3. The van der Waals surface area contributed by atoms with E-state index in [0.717, 1.165) is 17.5 Å². The van der Waals surface area contributed by atoms with Gasteiger partial charge in [-0.1, -0.05) is 19.1 Å². The van der Waals surface area contributed by atoms with Crippen molar-refractivity contribution in [3.05, 3.63) is 34.4 Å². The molecule has 0 unspecified atom stereocenters. The van der Waals surface area contributed by atoms with Crippen LogP contribution in [0.4, 0.5) is 0 Å². The van der Waals surface area contributed by atoms with Crippen LogP contribution in [0, 0.1) is 6.92 Å². The van der Waals surface area contributed by atoms with Gasteiger partial charge in [-0.3, -0.25) is 4.79 Å². The summed E-state index contributed by atoms with van der Waals surface area (Å²) < 4.78 is 0. The molecule has 1 aliphatic carbocycles. The highest BCUT2D eigenvalue weighted by Gasteiger charge is 2.26. The minimum Gasteiger partial charge on any atom is -0.275 e. The lowest BCUT2D eigenvalue weighted by molar-refractivity contribution is -0.106. The Hall–Kier alpha value is -1.37. The fourth-order valence-corrected chi connectivity index (χ4v) is 2.50. The minimum atomic E-state index is -0.734. The van der Waals surface area contributed by atoms with Gasteiger partial charge in [-0.25, -0.2) is 4.79 Å². The van der Waals surface area contributed by atoms with Crippen LogP contribution in [-0.2, 0) is 16.0 Å². The van der Waals surface area contributed by atoms with E-state index in [0.29, 0.717) is 11.5 Å². The van der Waals surface area contributed by atoms with Crippen LogP contribution in [0.15, 0.2) is 12.1 Å². The molecule has 0 atom stereocenters. The Labute approximate surface area is 112 Å². The van der Waals surface area contributed by atoms with Crippen molar-refractivity contribution in [3.63, 3.8) is 0 Å². The molecule has 0 heterocycles. The number of carbonyl (C=O) groups excluding carboxylic acids is 2. The van der Waals surface area contributed by atoms with Gasteiger partial charge in [-0.2, -0.15) is 0 Å². The molecule has 0 N–H and O–H groups in total. The maximum Gasteiger partial charge on any atom is 0.264 e. The average Bonchev–Trinajstić information content (AvgIpc) is 3.15. The summed E-state index contributed by atoms with van der Waals surface area (Å²) in [5.74, 6) is 2.33. The molecule has 18 heavy (non-hydrogen) atoms. The summed E-state index contributed by atoms with van der Waals surface area (Å²) in [7, 11) is 0. The molecular formula is C15H15ClO2. The van der Waals surface area contributed by atoms with Crippen molar-refractivity contribution in [2.45, 2.75) is 39.0 Å². The Kier molecular flexibility index (Phi) is 3.70. The van der Waals surface area contributed by atoms with Crippen molar-refractivity contribution < 1.29 is 9.59 Å². The highest BCUT2D eigenvalue weighted by molar-refractivity contribution is 6.75. The second-order valence-corrected chi connectivity index (χ2v) is 5.09. The Morgan fingerprint density at radius 1 is 1.44 bits per heavy atom. The Morgan fingerprint density at radius 2 is 2.11 bits per heavy atom. The maximum atomic E-state index is 11.3. The molecule has 1 aliphatic rings. The van der Waals surface area contributed by atoms with E-state index < -0.39 is 5.24 Å². The zero-order valence-electron chi connectivity index (χ0n) is 10.5. The highest BCUT2D eigenvalue weighted by atomic mass is 35.5. The highest BCUT2D eigenvalue weighted by Crippen LogP contribution is 2.42. The molecule has 0 aliphatic heterocycles. The summed E-state index contributed by atoms with van der Waals surface area (Å²) >= 11 is 5.46. The van der Waals surface area contributed by atoms with E-state index in [9.17, 15) is 9.59 Å². The number of hydrogen-bond acceptors (Lipinski definition) is 2. The largest absolute Gasteiger partial charge is 0.275 e. The van der Waals surface area contributed by atoms with Crippen molar-refractivity contribution in [1.29, 1.82) is 0 Å². The number of halogens is 1. The van der Waals surface area contributed by atoms with Gasteiger partial charge in [0, 0.05) is 5.56 Å². The molecule has 0 radical (unpaired) electrons. The number of aryl methyl sites for hydroxylation is 2. The molecule has 3 heteroatoms. The van der Waals surface area contributed by atoms with Crippen LogP contribution < -0.4 is 0 Å². The van der Waals surface area contributed by atoms with Gasteiger partial charge in [0.2, 0.25) is 0 Å². The molecule has 1 saturated carbocycles. The third-order valence-corrected chi connectivity index (χ3v) is 3.61. The van der Waals surface area contributed by atoms with E-state index in [1.165, 1.54) is 18.4 Å². The lowest BCUT2D eigenvalue weighted by Crippen LogP contribution is -2.03. The number of carbonyl (C=O) groups is 1. The summed E-state index contributed by atoms with van der Waals surface area (Å²) in [5.41, 5.74) is 3.86. The van der Waals surface area contributed by atoms with Gasteiger partial charge in [0.15, 0.2) is 0 Å². The van der Waals surface area contributed by atoms with Crippen molar-refractivity contribution in [3.8, 4) is 0 Å². The van der Waals surface area contributed by atoms with E-state index in [1.54, 1.807) is 5.94 Å². The predicted octanol–water partition coefficient (Wildman–Crippen LogP) is 3.42. The van der Waals surface area contributed by atoms with E-state index >= 15 is 0 Å². The lowest BCUT2D eigenvalue weighted by atomic mass is 9.91. The number of rotatable bonds is 4. The summed E-state index contributed by atoms with van der Waals surface area (Å²) in [4.78, 5) is 22.2. The lowest BCUT2D eigenvalue weighted by Gasteiger charge is -2.13. The van der Waals surface area contributed by atoms with Gasteiger partial charge in [-0.15, -0.1) is 0 Å². The summed E-state index contributed by atoms with van der Waals surface area (Å²) in [6, 6.07) is 4.15. The molecule has 1 aromatic rings. The van der Waals surface area contributed by atoms with Crippen LogP contribution in [0.1, 0.15) is 47.9 Å². The van der Waals surface area contributed by atoms with E-state index in [2.05, 4.69) is 12.1 Å². The fraction of sp³-hybridized carbons (Fsp3) is 0.400. The van der Waals surface area contributed by atoms with Crippen LogP contribution in [0.2, 0.25) is 0 Å². The molecule has 2 nitrogen and oxygen atoms in total. The van der Waals surface area contributed by atoms with E-state index in [1.807, 2.05) is 13.8 Å². The van der Waals surface area contributed by atoms with Gasteiger partial charge in [-0.05, 0) is 60.4 Å². The molecule has 1 fully saturated rings. The topological polar surface area (TPSA) is 34.1 Å². The monoisotopic (exact) mass is 262 g/mol. The van der Waals surface area contributed by atoms with Crippen molar-refractivity contribution >= 4 is 28.4 Å². The molecule has 2 rings (SSSR count). The van der Waals surface area contributed by atoms with Gasteiger partial charge in [0.1, 0.15) is 11.5 Å². The first-order valence-electron chi connectivity index (χ1n) is 6.17. The van der Waals surface area contributed by atoms with Gasteiger partial charge in [0.05, 0.1) is 0 Å². The first-order valence-corrected chi connectivity index (χ1v) is 6.55. The number of benzene rings is 1. The third kappa shape index (κ3) is 2.40. The second kappa shape index (κ2) is 5.09. The summed E-state index contributed by atoms with van der Waals surface area (Å²) in [6.45, 7) is 3.92. The summed E-state index contributed by atoms with van der Waals surface area (Å²) in [5, 5.41) is -0.734. The number of hydrogen-bond donors (Lipinski definition) is 0. The SMILES string of the molecule is CCc1cc(C2CC2)cc(C)c1C(=C=O)C(=O)Cl. The quantitative estimate of drug-likeness (QED) is 0.473. The van der Waals surface area contributed by atoms with E-state index in [-0.39, 0.29) is 5.57 Å². The molecule has 0 spiro atoms. The molecular weight excluding hydrogens is 248 g/mol. The second-order valence-electron chi connectivity index (χ2n) is 4.75. The Morgan fingerprint density at radius 3 is 2.56 bits per heavy atom. The van der Waals surface area contributed by atoms with Crippen molar-refractivity contribution in [2.24, 2.45) is 0 Å². The fourth-order valence-electron chi connectivity index (χ4n) is 2.37. The van der Waals surface area contributed by atoms with Crippen LogP contribution in [-0.4, -0.2) is 11.2 Å². The molecule has 0 amide bonds. The molecule has 0 saturated heterocycles. The molecule has 1 aromatic carbocycles. The van der Waals surface area contributed by atoms with Crippen LogP contribution >= 0.6 is 11.6 Å². The van der Waals surface area contributed by atoms with Crippen molar-refractivity contribution in [1.82, 2.24) is 0 Å². The van der Waals surface area contributed by atoms with Crippen LogP contribution in [0.5, 0.6) is 0 Å². The van der Waals surface area contributed by atoms with Crippen LogP contribution in [0.3, 0.4) is 0 Å². The zero-order chi connectivity index (χ0) is 13.3. The van der Waals surface area contributed by atoms with Crippen LogP contribution in [0.25, 0.3) is 5.57 Å². The van der Waals surface area contributed by atoms with Gasteiger partial charge in [0.25, 0.3) is 5.24 Å². The van der Waals surface area contributed by atoms with Crippen molar-refractivity contribution in [2.75, 3.05) is 0 Å². The Bertz CT molecular complexity index is 550. The summed E-state index contributed by atoms with van der Waals surface area (Å²) in [6.07, 6.45) is 3.23. The normalized spacial score (nSPS) is 14.2. The molecule has 94 valence electrons. The number of allylic oxidation sites excluding steroid dienone is 1. The van der Waals surface area contributed by atoms with Gasteiger partial charge < -0.3 is 0 Å². The smallest absolute Gasteiger partial charge is 0.264 e. The average molecular weight is 263 g/mol. The van der Waals surface area contributed by atoms with Gasteiger partial charge >= 0.3 is 0 Å². The first kappa shape index (κ1) is 13.1. The molecule has 0 bridgehead atoms. The predicted molar refractivity (Wildman–Crippen MR) is 72.5 cm³/mol. The van der Waals surface area contributed by atoms with E-state index in [4.69, 9.17) is 11.6 Å². The zero-order valence-corrected chi connectivity index (χ0v) is 11.3.